The van der Waals surface area contributed by atoms with E-state index in [2.05, 4.69) is 6.07 Å². The van der Waals surface area contributed by atoms with E-state index in [-0.39, 0.29) is 11.3 Å². The van der Waals surface area contributed by atoms with Crippen molar-refractivity contribution in [2.75, 3.05) is 0 Å². The highest BCUT2D eigenvalue weighted by atomic mass is 32.1. The normalized spacial score (nSPS) is 12.8. The number of rotatable bonds is 4. The molecule has 4 nitrogen and oxygen atoms in total. The number of aliphatic carboxylic acids is 1. The minimum absolute atomic E-state index is 0.0251. The lowest BCUT2D eigenvalue weighted by molar-refractivity contribution is -0.137. The number of thiazole rings is 1. The Labute approximate surface area is 120 Å². The van der Waals surface area contributed by atoms with Crippen LogP contribution in [0.4, 0.5) is 0 Å². The third kappa shape index (κ3) is 2.29. The van der Waals surface area contributed by atoms with Gasteiger partial charge in [-0.1, -0.05) is 35.6 Å². The van der Waals surface area contributed by atoms with Crippen molar-refractivity contribution in [3.05, 3.63) is 44.4 Å². The molecule has 1 aromatic carbocycles. The number of carboxylic acid groups (broad SMARTS) is 1. The summed E-state index contributed by atoms with van der Waals surface area (Å²) in [6.07, 6.45) is 2.45. The fourth-order valence-electron chi connectivity index (χ4n) is 2.72. The van der Waals surface area contributed by atoms with Crippen LogP contribution < -0.4 is 4.87 Å². The topological polar surface area (TPSA) is 59.3 Å². The Kier molecular flexibility index (Phi) is 3.44. The molecular weight excluding hydrogens is 274 g/mol. The van der Waals surface area contributed by atoms with Gasteiger partial charge in [-0.2, -0.15) is 0 Å². The third-order valence-electron chi connectivity index (χ3n) is 3.63. The number of nitrogens with zero attached hydrogens (tertiary/aromatic N) is 1. The van der Waals surface area contributed by atoms with Gasteiger partial charge >= 0.3 is 10.8 Å². The van der Waals surface area contributed by atoms with E-state index in [1.807, 2.05) is 18.2 Å². The van der Waals surface area contributed by atoms with Crippen molar-refractivity contribution >= 4 is 17.3 Å². The van der Waals surface area contributed by atoms with Crippen LogP contribution >= 0.6 is 11.3 Å². The largest absolute Gasteiger partial charge is 0.481 e. The van der Waals surface area contributed by atoms with Crippen molar-refractivity contribution in [2.24, 2.45) is 0 Å². The first-order valence-corrected chi connectivity index (χ1v) is 7.51. The van der Waals surface area contributed by atoms with Crippen molar-refractivity contribution in [1.82, 2.24) is 4.57 Å². The smallest absolute Gasteiger partial charge is 0.307 e. The summed E-state index contributed by atoms with van der Waals surface area (Å²) in [5.74, 6) is -0.817. The molecule has 2 aromatic rings. The molecule has 0 unspecified atom stereocenters. The Morgan fingerprint density at radius 2 is 2.10 bits per heavy atom. The highest BCUT2D eigenvalue weighted by Gasteiger charge is 2.22. The molecule has 3 rings (SSSR count). The van der Waals surface area contributed by atoms with Crippen LogP contribution in [0.3, 0.4) is 0 Å². The number of carboxylic acids is 1. The van der Waals surface area contributed by atoms with Gasteiger partial charge in [0.25, 0.3) is 0 Å². The molecule has 0 amide bonds. The Bertz CT molecular complexity index is 714. The van der Waals surface area contributed by atoms with E-state index in [4.69, 9.17) is 5.11 Å². The molecule has 1 aliphatic rings. The van der Waals surface area contributed by atoms with Gasteiger partial charge in [0.15, 0.2) is 0 Å². The van der Waals surface area contributed by atoms with Gasteiger partial charge in [0.05, 0.1) is 5.69 Å². The monoisotopic (exact) mass is 289 g/mol. The molecular formula is C15H15NO3S. The van der Waals surface area contributed by atoms with Crippen molar-refractivity contribution in [3.8, 4) is 11.3 Å². The Hall–Kier alpha value is -1.88. The molecule has 0 aliphatic heterocycles. The number of aryl methyl sites for hydroxylation is 2. The van der Waals surface area contributed by atoms with E-state index in [1.54, 1.807) is 4.57 Å². The molecule has 1 aliphatic carbocycles. The van der Waals surface area contributed by atoms with Crippen molar-refractivity contribution in [2.45, 2.75) is 32.2 Å². The number of hydrogen-bond donors (Lipinski definition) is 1. The number of hydrogen-bond acceptors (Lipinski definition) is 3. The fourth-order valence-corrected chi connectivity index (χ4v) is 3.75. The molecule has 0 saturated heterocycles. The zero-order valence-electron chi connectivity index (χ0n) is 11.0. The van der Waals surface area contributed by atoms with E-state index in [0.717, 1.165) is 29.0 Å². The summed E-state index contributed by atoms with van der Waals surface area (Å²) in [5.41, 5.74) is 3.40. The van der Waals surface area contributed by atoms with E-state index >= 15 is 0 Å². The molecule has 5 heteroatoms. The second-order valence-corrected chi connectivity index (χ2v) is 5.99. The van der Waals surface area contributed by atoms with Crippen LogP contribution in [-0.4, -0.2) is 15.6 Å². The quantitative estimate of drug-likeness (QED) is 0.941. The highest BCUT2D eigenvalue weighted by Crippen LogP contribution is 2.34. The predicted molar refractivity (Wildman–Crippen MR) is 78.3 cm³/mol. The van der Waals surface area contributed by atoms with E-state index < -0.39 is 5.97 Å². The van der Waals surface area contributed by atoms with E-state index in [1.165, 1.54) is 16.9 Å². The molecule has 104 valence electrons. The first-order chi connectivity index (χ1) is 9.66. The van der Waals surface area contributed by atoms with Crippen LogP contribution in [0.15, 0.2) is 29.1 Å². The average molecular weight is 289 g/mol. The molecule has 0 saturated carbocycles. The van der Waals surface area contributed by atoms with Crippen molar-refractivity contribution in [1.29, 1.82) is 0 Å². The first kappa shape index (κ1) is 13.1. The third-order valence-corrected chi connectivity index (χ3v) is 4.67. The summed E-state index contributed by atoms with van der Waals surface area (Å²) in [4.78, 5) is 23.9. The Morgan fingerprint density at radius 3 is 2.90 bits per heavy atom. The second-order valence-electron chi connectivity index (χ2n) is 4.95. The predicted octanol–water partition coefficient (Wildman–Crippen LogP) is 2.54. The van der Waals surface area contributed by atoms with Crippen LogP contribution in [0.25, 0.3) is 11.3 Å². The van der Waals surface area contributed by atoms with Gasteiger partial charge in [-0.15, -0.1) is 0 Å². The van der Waals surface area contributed by atoms with Crippen molar-refractivity contribution in [3.63, 3.8) is 0 Å². The summed E-state index contributed by atoms with van der Waals surface area (Å²) in [6, 6.07) is 8.15. The molecule has 0 bridgehead atoms. The van der Waals surface area contributed by atoms with Crippen LogP contribution in [0.2, 0.25) is 0 Å². The van der Waals surface area contributed by atoms with Crippen molar-refractivity contribution < 1.29 is 9.90 Å². The van der Waals surface area contributed by atoms with E-state index in [0.29, 0.717) is 13.0 Å². The zero-order valence-corrected chi connectivity index (χ0v) is 11.8. The molecule has 0 radical (unpaired) electrons. The van der Waals surface area contributed by atoms with Gasteiger partial charge < -0.3 is 5.11 Å². The summed E-state index contributed by atoms with van der Waals surface area (Å²) in [7, 11) is 0. The van der Waals surface area contributed by atoms with Crippen LogP contribution in [0.1, 0.15) is 23.3 Å². The van der Waals surface area contributed by atoms with Gasteiger partial charge in [0.2, 0.25) is 0 Å². The van der Waals surface area contributed by atoms with Crippen LogP contribution in [0, 0.1) is 0 Å². The lowest BCUT2D eigenvalue weighted by atomic mass is 9.93. The molecule has 0 atom stereocenters. The van der Waals surface area contributed by atoms with Gasteiger partial charge in [-0.05, 0) is 24.8 Å². The Balaban J connectivity index is 1.99. The van der Waals surface area contributed by atoms with Crippen LogP contribution in [-0.2, 0) is 24.2 Å². The minimum Gasteiger partial charge on any atom is -0.481 e. The number of benzene rings is 1. The minimum atomic E-state index is -0.817. The Morgan fingerprint density at radius 1 is 1.30 bits per heavy atom. The second kappa shape index (κ2) is 5.25. The van der Waals surface area contributed by atoms with E-state index in [9.17, 15) is 9.59 Å². The lowest BCUT2D eigenvalue weighted by Gasteiger charge is -2.18. The van der Waals surface area contributed by atoms with Gasteiger partial charge in [0.1, 0.15) is 0 Å². The van der Waals surface area contributed by atoms with Crippen LogP contribution in [0.5, 0.6) is 0 Å². The number of aromatic nitrogens is 1. The summed E-state index contributed by atoms with van der Waals surface area (Å²) in [6.45, 7) is 0.477. The summed E-state index contributed by atoms with van der Waals surface area (Å²) in [5, 5.41) is 8.72. The lowest BCUT2D eigenvalue weighted by Crippen LogP contribution is -2.16. The van der Waals surface area contributed by atoms with Gasteiger partial charge in [0, 0.05) is 23.4 Å². The summed E-state index contributed by atoms with van der Waals surface area (Å²) < 4.78 is 1.75. The number of fused-ring (bicyclic) bond motifs is 3. The SMILES string of the molecule is O=C(O)CCCn1c2c(sc1=O)CCc1ccccc1-2. The summed E-state index contributed by atoms with van der Waals surface area (Å²) >= 11 is 1.30. The maximum atomic E-state index is 12.1. The molecule has 0 spiro atoms. The molecule has 1 N–H and O–H groups in total. The zero-order chi connectivity index (χ0) is 14.1. The molecule has 20 heavy (non-hydrogen) atoms. The molecule has 1 heterocycles. The first-order valence-electron chi connectivity index (χ1n) is 6.69. The highest BCUT2D eigenvalue weighted by molar-refractivity contribution is 7.09. The number of carbonyl (C=O) groups is 1. The maximum absolute atomic E-state index is 12.1. The standard InChI is InChI=1S/C15H15NO3S/c17-13(18)6-3-9-16-14-11-5-2-1-4-10(11)7-8-12(14)20-15(16)19/h1-2,4-5H,3,6-9H2,(H,17,18). The fraction of sp³-hybridized carbons (Fsp3) is 0.333. The van der Waals surface area contributed by atoms with Gasteiger partial charge in [-0.25, -0.2) is 0 Å². The van der Waals surface area contributed by atoms with Gasteiger partial charge in [-0.3, -0.25) is 14.2 Å². The average Bonchev–Trinajstić information content (AvgIpc) is 2.75. The molecule has 1 aromatic heterocycles. The molecule has 0 fully saturated rings. The maximum Gasteiger partial charge on any atom is 0.307 e.